The summed E-state index contributed by atoms with van der Waals surface area (Å²) in [6.45, 7) is 21.1. The maximum Gasteiger partial charge on any atom is 0.148 e. The number of rotatable bonds is 29. The number of hydrogen-bond acceptors (Lipinski definition) is 21. The Labute approximate surface area is 443 Å². The lowest BCUT2D eigenvalue weighted by Gasteiger charge is -2.36. The number of likely N-dealkylation sites (N-methyl/N-ethyl adjacent to an activating group) is 10. The van der Waals surface area contributed by atoms with Crippen LogP contribution in [-0.2, 0) is 43.2 Å². The standard InChI is InChI=1S/C9H20N2O.C8H16N2O.C8H15NO2.2C7H16N2O.C7H13NO2.C6H14N2O/c1-8(12)9(7-11-3)5-4-6-10-2;1-7(11)8-6-9(2)4-5-10(8)3;1-6(10)4-5-8(9-3)7(2)11;1-6(10)7(8-2)5-9(3)4;1-6(10)7(5-8-2)9(3)4;1-5(9)4-7(8-3)6(2)10;1-5(9)6(8-3)4-7-2/h9-11H,4-7H2,1-3H3;8H,4-6H2,1-3H3;8-9H,4-5H2,1-3H3;2*7-8H,5H2,1-4H3;7-8H,4H2,1-3H3;6-8H,4H2,1-3H3/t9-;2*8-;3*7-;6-/m1111111/s1. The molecular weight excluding hydrogens is 937 g/mol. The van der Waals surface area contributed by atoms with Crippen molar-refractivity contribution < 1.29 is 43.2 Å². The number of nitrogens with zero attached hydrogens (tertiary/aromatic N) is 4. The summed E-state index contributed by atoms with van der Waals surface area (Å²) in [6, 6.07) is -0.361. The number of nitrogens with one attached hydrogen (secondary N) is 8. The van der Waals surface area contributed by atoms with E-state index in [4.69, 9.17) is 0 Å². The van der Waals surface area contributed by atoms with Crippen molar-refractivity contribution in [3.8, 4) is 0 Å². The molecule has 0 aromatic heterocycles. The molecule has 0 aromatic rings. The van der Waals surface area contributed by atoms with E-state index in [2.05, 4.69) is 59.4 Å². The topological polar surface area (TPSA) is 263 Å². The molecule has 0 unspecified atom stereocenters. The molecule has 1 fully saturated rings. The van der Waals surface area contributed by atoms with Crippen LogP contribution in [0.15, 0.2) is 0 Å². The molecule has 0 amide bonds. The van der Waals surface area contributed by atoms with E-state index in [9.17, 15) is 43.2 Å². The van der Waals surface area contributed by atoms with Gasteiger partial charge in [0, 0.05) is 64.6 Å². The Hall–Kier alpha value is -3.45. The molecule has 0 aliphatic carbocycles. The number of carbonyl (C=O) groups excluding carboxylic acids is 9. The molecule has 1 aliphatic rings. The van der Waals surface area contributed by atoms with Crippen molar-refractivity contribution in [3.63, 3.8) is 0 Å². The summed E-state index contributed by atoms with van der Waals surface area (Å²) in [6.07, 6.45) is 3.44. The number of carbonyl (C=O) groups is 9. The average molecular weight is 1050 g/mol. The number of piperazine rings is 1. The van der Waals surface area contributed by atoms with Crippen LogP contribution in [-0.4, -0.2) is 259 Å². The number of Topliss-reactive ketones (excluding diaryl/α,β-unsaturated/α-hetero) is 9. The van der Waals surface area contributed by atoms with E-state index in [1.807, 2.05) is 73.2 Å². The van der Waals surface area contributed by atoms with E-state index >= 15 is 0 Å². The van der Waals surface area contributed by atoms with E-state index in [-0.39, 0.29) is 88.4 Å². The summed E-state index contributed by atoms with van der Waals surface area (Å²) in [7, 11) is 26.3. The van der Waals surface area contributed by atoms with Gasteiger partial charge in [0.1, 0.15) is 52.0 Å². The van der Waals surface area contributed by atoms with Crippen LogP contribution < -0.4 is 42.5 Å². The third-order valence-corrected chi connectivity index (χ3v) is 11.4. The fraction of sp³-hybridized carbons (Fsp3) is 0.827. The van der Waals surface area contributed by atoms with Gasteiger partial charge in [-0.1, -0.05) is 0 Å². The van der Waals surface area contributed by atoms with Crippen LogP contribution in [0.5, 0.6) is 0 Å². The predicted molar refractivity (Wildman–Crippen MR) is 300 cm³/mol. The Morgan fingerprint density at radius 2 is 0.959 bits per heavy atom. The van der Waals surface area contributed by atoms with Gasteiger partial charge in [0.15, 0.2) is 0 Å². The summed E-state index contributed by atoms with van der Waals surface area (Å²) < 4.78 is 0. The summed E-state index contributed by atoms with van der Waals surface area (Å²) in [5.74, 6) is 1.61. The third kappa shape index (κ3) is 51.8. The van der Waals surface area contributed by atoms with E-state index < -0.39 is 0 Å². The fourth-order valence-corrected chi connectivity index (χ4v) is 6.63. The Balaban J connectivity index is -0.000000180. The van der Waals surface area contributed by atoms with Gasteiger partial charge in [-0.15, -0.1) is 0 Å². The summed E-state index contributed by atoms with van der Waals surface area (Å²) in [5.41, 5.74) is 0. The second-order valence-corrected chi connectivity index (χ2v) is 18.9. The van der Waals surface area contributed by atoms with Crippen molar-refractivity contribution in [2.75, 3.05) is 151 Å². The summed E-state index contributed by atoms with van der Waals surface area (Å²) in [5, 5.41) is 23.4. The van der Waals surface area contributed by atoms with Crippen LogP contribution in [0.1, 0.15) is 94.4 Å². The maximum atomic E-state index is 11.1. The van der Waals surface area contributed by atoms with Crippen LogP contribution in [0.3, 0.4) is 0 Å². The van der Waals surface area contributed by atoms with Crippen molar-refractivity contribution >= 4 is 52.0 Å². The minimum atomic E-state index is -0.294. The van der Waals surface area contributed by atoms with Gasteiger partial charge in [-0.25, -0.2) is 0 Å². The highest BCUT2D eigenvalue weighted by atomic mass is 16.2. The molecule has 1 heterocycles. The van der Waals surface area contributed by atoms with Gasteiger partial charge >= 0.3 is 0 Å². The lowest BCUT2D eigenvalue weighted by Crippen LogP contribution is -2.52. The average Bonchev–Trinajstić information content (AvgIpc) is 3.29. The van der Waals surface area contributed by atoms with Gasteiger partial charge in [0.05, 0.1) is 36.3 Å². The SMILES string of the molecule is CC(=O)[C@H]1CN(C)CCN1C.CNCCC[C@H](CNC)C(C)=O.CNC[C@@H](NC)C(C)=O.CNC[C@H](C(C)=O)N(C)C.CN[C@H](CC(C)=O)C(C)=O.CN[C@H](CCC(C)=O)C(C)=O.CN[C@H](CN(C)C)C(C)=O. The van der Waals surface area contributed by atoms with Crippen LogP contribution in [0.2, 0.25) is 0 Å². The Morgan fingerprint density at radius 1 is 0.507 bits per heavy atom. The molecule has 73 heavy (non-hydrogen) atoms. The monoisotopic (exact) mass is 1050 g/mol. The maximum absolute atomic E-state index is 11.1. The molecule has 432 valence electrons. The molecule has 21 nitrogen and oxygen atoms in total. The largest absolute Gasteiger partial charge is 0.320 e. The van der Waals surface area contributed by atoms with Crippen molar-refractivity contribution in [2.24, 2.45) is 5.92 Å². The number of hydrogen-bond donors (Lipinski definition) is 8. The summed E-state index contributed by atoms with van der Waals surface area (Å²) >= 11 is 0. The van der Waals surface area contributed by atoms with E-state index in [1.54, 1.807) is 62.8 Å². The first-order valence-corrected chi connectivity index (χ1v) is 25.4. The highest BCUT2D eigenvalue weighted by Gasteiger charge is 2.25. The first-order chi connectivity index (χ1) is 33.9. The molecule has 1 rings (SSSR count). The van der Waals surface area contributed by atoms with Gasteiger partial charge in [-0.3, -0.25) is 48.2 Å². The molecular formula is C52H110N12O9. The molecule has 0 saturated carbocycles. The molecule has 0 radical (unpaired) electrons. The second-order valence-electron chi connectivity index (χ2n) is 18.9. The Morgan fingerprint density at radius 3 is 1.19 bits per heavy atom. The number of ketones is 9. The van der Waals surface area contributed by atoms with Crippen molar-refractivity contribution in [1.29, 1.82) is 0 Å². The zero-order chi connectivity index (χ0) is 58.4. The third-order valence-electron chi connectivity index (χ3n) is 11.4. The normalized spacial score (nSPS) is 15.5. The van der Waals surface area contributed by atoms with Gasteiger partial charge < -0.3 is 57.1 Å². The fourth-order valence-electron chi connectivity index (χ4n) is 6.63. The van der Waals surface area contributed by atoms with Gasteiger partial charge in [-0.05, 0) is 187 Å². The molecule has 0 bridgehead atoms. The molecule has 21 heteroatoms. The van der Waals surface area contributed by atoms with Crippen molar-refractivity contribution in [1.82, 2.24) is 62.1 Å². The molecule has 1 aliphatic heterocycles. The zero-order valence-corrected chi connectivity index (χ0v) is 50.2. The predicted octanol–water partition coefficient (Wildman–Crippen LogP) is -0.260. The highest BCUT2D eigenvalue weighted by Crippen LogP contribution is 2.07. The molecule has 0 spiro atoms. The van der Waals surface area contributed by atoms with Crippen molar-refractivity contribution in [2.45, 2.75) is 131 Å². The minimum Gasteiger partial charge on any atom is -0.320 e. The van der Waals surface area contributed by atoms with E-state index in [0.717, 1.165) is 58.7 Å². The Bertz CT molecular complexity index is 1500. The second kappa shape index (κ2) is 52.0. The van der Waals surface area contributed by atoms with Crippen LogP contribution in [0, 0.1) is 5.92 Å². The first-order valence-electron chi connectivity index (χ1n) is 25.4. The van der Waals surface area contributed by atoms with Gasteiger partial charge in [0.25, 0.3) is 0 Å². The van der Waals surface area contributed by atoms with Gasteiger partial charge in [-0.2, -0.15) is 0 Å². The van der Waals surface area contributed by atoms with Gasteiger partial charge in [0.2, 0.25) is 0 Å². The minimum absolute atomic E-state index is 0.0118. The van der Waals surface area contributed by atoms with Crippen LogP contribution in [0.25, 0.3) is 0 Å². The molecule has 1 saturated heterocycles. The smallest absolute Gasteiger partial charge is 0.148 e. The quantitative estimate of drug-likeness (QED) is 0.0449. The molecule has 0 aromatic carbocycles. The van der Waals surface area contributed by atoms with Crippen LogP contribution in [0.4, 0.5) is 0 Å². The Kier molecular flexibility index (Phi) is 57.7. The highest BCUT2D eigenvalue weighted by molar-refractivity contribution is 5.88. The van der Waals surface area contributed by atoms with E-state index in [0.29, 0.717) is 31.6 Å². The van der Waals surface area contributed by atoms with E-state index in [1.165, 1.54) is 27.7 Å². The lowest BCUT2D eigenvalue weighted by molar-refractivity contribution is -0.124. The molecule has 8 N–H and O–H groups in total. The lowest BCUT2D eigenvalue weighted by atomic mass is 9.99. The zero-order valence-electron chi connectivity index (χ0n) is 50.2. The first kappa shape index (κ1) is 80.9. The van der Waals surface area contributed by atoms with Crippen LogP contribution >= 0.6 is 0 Å². The summed E-state index contributed by atoms with van der Waals surface area (Å²) in [4.78, 5) is 105. The van der Waals surface area contributed by atoms with Crippen molar-refractivity contribution in [3.05, 3.63) is 0 Å². The molecule has 7 atom stereocenters.